The van der Waals surface area contributed by atoms with Gasteiger partial charge in [-0.05, 0) is 30.4 Å². The molecular weight excluding hydrogens is 218 g/mol. The molecular formula is C10H12ClNOS. The molecule has 0 spiro atoms. The third-order valence-electron chi connectivity index (χ3n) is 2.20. The van der Waals surface area contributed by atoms with E-state index in [1.165, 1.54) is 0 Å². The van der Waals surface area contributed by atoms with Gasteiger partial charge in [-0.25, -0.2) is 0 Å². The normalized spacial score (nSPS) is 18.6. The van der Waals surface area contributed by atoms with E-state index in [1.807, 2.05) is 11.4 Å². The second kappa shape index (κ2) is 4.34. The van der Waals surface area contributed by atoms with Gasteiger partial charge in [0.2, 0.25) is 0 Å². The van der Waals surface area contributed by atoms with Crippen LogP contribution in [0.2, 0.25) is 5.02 Å². The Balaban J connectivity index is 2.19. The summed E-state index contributed by atoms with van der Waals surface area (Å²) in [7, 11) is 0. The summed E-state index contributed by atoms with van der Waals surface area (Å²) >= 11 is 7.58. The van der Waals surface area contributed by atoms with Crippen LogP contribution in [0.1, 0.15) is 23.8 Å². The third kappa shape index (κ3) is 1.95. The summed E-state index contributed by atoms with van der Waals surface area (Å²) in [5, 5.41) is 2.68. The Morgan fingerprint density at radius 1 is 1.57 bits per heavy atom. The van der Waals surface area contributed by atoms with E-state index in [0.29, 0.717) is 0 Å². The summed E-state index contributed by atoms with van der Waals surface area (Å²) in [5.74, 6) is 0.862. The minimum Gasteiger partial charge on any atom is -0.496 e. The van der Waals surface area contributed by atoms with E-state index in [4.69, 9.17) is 22.1 Å². The molecule has 4 heteroatoms. The molecule has 76 valence electrons. The van der Waals surface area contributed by atoms with Crippen LogP contribution in [0, 0.1) is 0 Å². The first-order chi connectivity index (χ1) is 6.79. The number of nitrogens with two attached hydrogens (primary N) is 1. The van der Waals surface area contributed by atoms with Gasteiger partial charge in [0.1, 0.15) is 5.76 Å². The van der Waals surface area contributed by atoms with E-state index < -0.39 is 0 Å². The van der Waals surface area contributed by atoms with E-state index in [-0.39, 0.29) is 6.04 Å². The van der Waals surface area contributed by atoms with Crippen molar-refractivity contribution in [1.82, 2.24) is 0 Å². The molecule has 1 aliphatic rings. The lowest BCUT2D eigenvalue weighted by Gasteiger charge is -2.19. The van der Waals surface area contributed by atoms with Gasteiger partial charge in [-0.1, -0.05) is 11.6 Å². The maximum absolute atomic E-state index is 6.05. The lowest BCUT2D eigenvalue weighted by molar-refractivity contribution is 0.176. The second-order valence-corrected chi connectivity index (χ2v) is 4.56. The minimum absolute atomic E-state index is 0.192. The van der Waals surface area contributed by atoms with Gasteiger partial charge >= 0.3 is 0 Å². The van der Waals surface area contributed by atoms with Gasteiger partial charge in [-0.3, -0.25) is 0 Å². The SMILES string of the molecule is NC(C1=CCCCO1)c1sccc1Cl. The fourth-order valence-electron chi connectivity index (χ4n) is 1.45. The Morgan fingerprint density at radius 3 is 3.00 bits per heavy atom. The molecule has 0 saturated heterocycles. The zero-order valence-electron chi connectivity index (χ0n) is 7.70. The fraction of sp³-hybridized carbons (Fsp3) is 0.400. The topological polar surface area (TPSA) is 35.2 Å². The van der Waals surface area contributed by atoms with Crippen molar-refractivity contribution in [2.24, 2.45) is 5.73 Å². The molecule has 0 fully saturated rings. The number of halogens is 1. The van der Waals surface area contributed by atoms with E-state index in [0.717, 1.165) is 35.1 Å². The van der Waals surface area contributed by atoms with Crippen molar-refractivity contribution in [2.45, 2.75) is 18.9 Å². The zero-order valence-corrected chi connectivity index (χ0v) is 9.27. The van der Waals surface area contributed by atoms with Crippen LogP contribution >= 0.6 is 22.9 Å². The molecule has 0 aromatic carbocycles. The van der Waals surface area contributed by atoms with E-state index >= 15 is 0 Å². The first-order valence-electron chi connectivity index (χ1n) is 4.60. The average Bonchev–Trinajstić information content (AvgIpc) is 2.65. The number of ether oxygens (including phenoxy) is 1. The van der Waals surface area contributed by atoms with E-state index in [2.05, 4.69) is 6.08 Å². The highest BCUT2D eigenvalue weighted by Gasteiger charge is 2.18. The smallest absolute Gasteiger partial charge is 0.114 e. The lowest BCUT2D eigenvalue weighted by atomic mass is 10.1. The molecule has 2 heterocycles. The highest BCUT2D eigenvalue weighted by Crippen LogP contribution is 2.32. The van der Waals surface area contributed by atoms with Crippen LogP contribution in [-0.4, -0.2) is 6.61 Å². The van der Waals surface area contributed by atoms with Crippen LogP contribution in [0.4, 0.5) is 0 Å². The molecule has 1 atom stereocenters. The molecule has 1 aromatic heterocycles. The van der Waals surface area contributed by atoms with Crippen LogP contribution in [0.3, 0.4) is 0 Å². The summed E-state index contributed by atoms with van der Waals surface area (Å²) in [5.41, 5.74) is 6.05. The van der Waals surface area contributed by atoms with Gasteiger partial charge in [-0.15, -0.1) is 11.3 Å². The van der Waals surface area contributed by atoms with E-state index in [9.17, 15) is 0 Å². The van der Waals surface area contributed by atoms with Crippen LogP contribution in [0.25, 0.3) is 0 Å². The highest BCUT2D eigenvalue weighted by molar-refractivity contribution is 7.10. The molecule has 1 aromatic rings. The molecule has 0 amide bonds. The third-order valence-corrected chi connectivity index (χ3v) is 3.64. The van der Waals surface area contributed by atoms with Crippen LogP contribution in [0.5, 0.6) is 0 Å². The lowest BCUT2D eigenvalue weighted by Crippen LogP contribution is -2.17. The molecule has 14 heavy (non-hydrogen) atoms. The minimum atomic E-state index is -0.192. The molecule has 0 radical (unpaired) electrons. The Labute approximate surface area is 92.3 Å². The Bertz CT molecular complexity index is 348. The first-order valence-corrected chi connectivity index (χ1v) is 5.86. The van der Waals surface area contributed by atoms with Gasteiger partial charge < -0.3 is 10.5 Å². The van der Waals surface area contributed by atoms with Crippen molar-refractivity contribution in [3.63, 3.8) is 0 Å². The number of thiophene rings is 1. The first kappa shape index (κ1) is 10.0. The number of hydrogen-bond acceptors (Lipinski definition) is 3. The Kier molecular flexibility index (Phi) is 3.11. The van der Waals surface area contributed by atoms with Crippen molar-refractivity contribution < 1.29 is 4.74 Å². The maximum Gasteiger partial charge on any atom is 0.114 e. The van der Waals surface area contributed by atoms with Crippen LogP contribution in [-0.2, 0) is 4.74 Å². The van der Waals surface area contributed by atoms with Crippen molar-refractivity contribution in [2.75, 3.05) is 6.61 Å². The second-order valence-electron chi connectivity index (χ2n) is 3.21. The average molecular weight is 230 g/mol. The van der Waals surface area contributed by atoms with Crippen molar-refractivity contribution in [1.29, 1.82) is 0 Å². The van der Waals surface area contributed by atoms with Gasteiger partial charge in [0, 0.05) is 4.88 Å². The summed E-state index contributed by atoms with van der Waals surface area (Å²) in [4.78, 5) is 0.986. The predicted octanol–water partition coefficient (Wildman–Crippen LogP) is 3.10. The van der Waals surface area contributed by atoms with Gasteiger partial charge in [0.15, 0.2) is 0 Å². The van der Waals surface area contributed by atoms with Gasteiger partial charge in [0.05, 0.1) is 17.7 Å². The Morgan fingerprint density at radius 2 is 2.43 bits per heavy atom. The Hall–Kier alpha value is -0.510. The largest absolute Gasteiger partial charge is 0.496 e. The number of hydrogen-bond donors (Lipinski definition) is 1. The van der Waals surface area contributed by atoms with Gasteiger partial charge in [0.25, 0.3) is 0 Å². The van der Waals surface area contributed by atoms with Crippen LogP contribution in [0.15, 0.2) is 23.3 Å². The highest BCUT2D eigenvalue weighted by atomic mass is 35.5. The molecule has 1 unspecified atom stereocenters. The summed E-state index contributed by atoms with van der Waals surface area (Å²) < 4.78 is 5.50. The molecule has 0 aliphatic carbocycles. The molecule has 0 bridgehead atoms. The van der Waals surface area contributed by atoms with Crippen molar-refractivity contribution >= 4 is 22.9 Å². The molecule has 2 nitrogen and oxygen atoms in total. The summed E-state index contributed by atoms with van der Waals surface area (Å²) in [6.07, 6.45) is 4.19. The monoisotopic (exact) mass is 229 g/mol. The zero-order chi connectivity index (χ0) is 9.97. The quantitative estimate of drug-likeness (QED) is 0.846. The predicted molar refractivity (Wildman–Crippen MR) is 59.5 cm³/mol. The fourth-order valence-corrected chi connectivity index (χ4v) is 2.63. The molecule has 2 rings (SSSR count). The van der Waals surface area contributed by atoms with Crippen LogP contribution < -0.4 is 5.73 Å². The van der Waals surface area contributed by atoms with Crippen molar-refractivity contribution in [3.05, 3.63) is 33.2 Å². The van der Waals surface area contributed by atoms with E-state index in [1.54, 1.807) is 11.3 Å². The summed E-state index contributed by atoms with van der Waals surface area (Å²) in [6, 6.07) is 1.67. The standard InChI is InChI=1S/C10H12ClNOS/c11-7-4-6-14-10(7)9(12)8-3-1-2-5-13-8/h3-4,6,9H,1-2,5,12H2. The summed E-state index contributed by atoms with van der Waals surface area (Å²) in [6.45, 7) is 0.766. The molecule has 0 saturated carbocycles. The maximum atomic E-state index is 6.05. The number of rotatable bonds is 2. The number of allylic oxidation sites excluding steroid dienone is 1. The van der Waals surface area contributed by atoms with Gasteiger partial charge in [-0.2, -0.15) is 0 Å². The molecule has 2 N–H and O–H groups in total. The molecule has 1 aliphatic heterocycles. The van der Waals surface area contributed by atoms with Crippen molar-refractivity contribution in [3.8, 4) is 0 Å².